The first kappa shape index (κ1) is 25.2. The van der Waals surface area contributed by atoms with Crippen LogP contribution in [0.1, 0.15) is 36.9 Å². The maximum Gasteiger partial charge on any atom is 0.225 e. The highest BCUT2D eigenvalue weighted by Crippen LogP contribution is 2.25. The van der Waals surface area contributed by atoms with Gasteiger partial charge in [0.15, 0.2) is 0 Å². The molecule has 3 rings (SSSR count). The first-order valence-corrected chi connectivity index (χ1v) is 9.57. The standard InChI is InChI=1S/C22H28FN3O.2ClH/c1-15-13-18(23)10-11-20(15)26-12-6-9-19(14-26)25-22(27)16(2)21(24)17-7-4-3-5-8-17;;/h3-5,7-8,10-11,13,16,19,21H,6,9,12,14,24H2,1-2H3,(H,25,27);2*1H. The number of hydrogen-bond acceptors (Lipinski definition) is 3. The Labute approximate surface area is 184 Å². The highest BCUT2D eigenvalue weighted by Gasteiger charge is 2.27. The lowest BCUT2D eigenvalue weighted by Crippen LogP contribution is -2.50. The Bertz CT molecular complexity index is 791. The molecule has 1 fully saturated rings. The summed E-state index contributed by atoms with van der Waals surface area (Å²) in [5, 5.41) is 3.17. The molecule has 160 valence electrons. The summed E-state index contributed by atoms with van der Waals surface area (Å²) in [7, 11) is 0. The molecule has 3 unspecified atom stereocenters. The zero-order chi connectivity index (χ0) is 19.4. The van der Waals surface area contributed by atoms with Crippen molar-refractivity contribution < 1.29 is 9.18 Å². The Morgan fingerprint density at radius 2 is 1.90 bits per heavy atom. The number of anilines is 1. The highest BCUT2D eigenvalue weighted by molar-refractivity contribution is 5.85. The molecule has 0 radical (unpaired) electrons. The maximum absolute atomic E-state index is 13.4. The lowest BCUT2D eigenvalue weighted by atomic mass is 9.94. The van der Waals surface area contributed by atoms with E-state index in [1.54, 1.807) is 6.07 Å². The van der Waals surface area contributed by atoms with E-state index in [-0.39, 0.29) is 54.5 Å². The van der Waals surface area contributed by atoms with Crippen LogP contribution in [0.4, 0.5) is 10.1 Å². The molecule has 1 aliphatic rings. The molecule has 0 saturated carbocycles. The molecule has 1 saturated heterocycles. The molecule has 0 spiro atoms. The first-order chi connectivity index (χ1) is 13.0. The van der Waals surface area contributed by atoms with Gasteiger partial charge < -0.3 is 16.0 Å². The maximum atomic E-state index is 13.4. The summed E-state index contributed by atoms with van der Waals surface area (Å²) in [6.07, 6.45) is 1.93. The van der Waals surface area contributed by atoms with Gasteiger partial charge in [-0.05, 0) is 49.1 Å². The third-order valence-corrected chi connectivity index (χ3v) is 5.40. The van der Waals surface area contributed by atoms with E-state index in [1.807, 2.05) is 50.2 Å². The third-order valence-electron chi connectivity index (χ3n) is 5.40. The van der Waals surface area contributed by atoms with Crippen LogP contribution in [-0.2, 0) is 4.79 Å². The van der Waals surface area contributed by atoms with Crippen molar-refractivity contribution in [3.63, 3.8) is 0 Å². The molecule has 1 amide bonds. The van der Waals surface area contributed by atoms with E-state index in [2.05, 4.69) is 10.2 Å². The zero-order valence-electron chi connectivity index (χ0n) is 16.8. The van der Waals surface area contributed by atoms with Crippen molar-refractivity contribution in [2.45, 2.75) is 38.8 Å². The summed E-state index contributed by atoms with van der Waals surface area (Å²) in [5.74, 6) is -0.550. The number of benzene rings is 2. The number of amides is 1. The molecule has 1 aliphatic heterocycles. The number of aryl methyl sites for hydroxylation is 1. The van der Waals surface area contributed by atoms with E-state index in [1.165, 1.54) is 6.07 Å². The summed E-state index contributed by atoms with van der Waals surface area (Å²) in [6.45, 7) is 5.43. The molecule has 0 aliphatic carbocycles. The topological polar surface area (TPSA) is 58.4 Å². The summed E-state index contributed by atoms with van der Waals surface area (Å²) >= 11 is 0. The minimum atomic E-state index is -0.328. The second-order valence-corrected chi connectivity index (χ2v) is 7.45. The van der Waals surface area contributed by atoms with Gasteiger partial charge in [-0.2, -0.15) is 0 Å². The van der Waals surface area contributed by atoms with Gasteiger partial charge in [-0.15, -0.1) is 24.8 Å². The van der Waals surface area contributed by atoms with Crippen LogP contribution in [0.2, 0.25) is 0 Å². The van der Waals surface area contributed by atoms with Gasteiger partial charge in [0.2, 0.25) is 5.91 Å². The Hall–Kier alpha value is -1.82. The number of nitrogens with one attached hydrogen (secondary N) is 1. The molecule has 2 aromatic carbocycles. The molecule has 29 heavy (non-hydrogen) atoms. The van der Waals surface area contributed by atoms with Crippen molar-refractivity contribution >= 4 is 36.4 Å². The van der Waals surface area contributed by atoms with Gasteiger partial charge in [0.25, 0.3) is 0 Å². The van der Waals surface area contributed by atoms with Gasteiger partial charge in [-0.3, -0.25) is 4.79 Å². The molecule has 0 bridgehead atoms. The molecule has 3 N–H and O–H groups in total. The van der Waals surface area contributed by atoms with E-state index in [9.17, 15) is 9.18 Å². The van der Waals surface area contributed by atoms with Crippen molar-refractivity contribution in [1.82, 2.24) is 5.32 Å². The number of rotatable bonds is 5. The second-order valence-electron chi connectivity index (χ2n) is 7.45. The van der Waals surface area contributed by atoms with Crippen molar-refractivity contribution in [1.29, 1.82) is 0 Å². The van der Waals surface area contributed by atoms with Gasteiger partial charge in [-0.1, -0.05) is 37.3 Å². The Morgan fingerprint density at radius 3 is 2.55 bits per heavy atom. The average Bonchev–Trinajstić information content (AvgIpc) is 2.67. The third kappa shape index (κ3) is 6.33. The molecular weight excluding hydrogens is 412 g/mol. The summed E-state index contributed by atoms with van der Waals surface area (Å²) in [4.78, 5) is 14.9. The van der Waals surface area contributed by atoms with Crippen molar-refractivity contribution in [3.05, 3.63) is 65.5 Å². The summed E-state index contributed by atoms with van der Waals surface area (Å²) in [6, 6.07) is 14.3. The van der Waals surface area contributed by atoms with Gasteiger partial charge in [-0.25, -0.2) is 4.39 Å². The molecule has 0 aromatic heterocycles. The Balaban J connectivity index is 0.00000210. The molecule has 7 heteroatoms. The lowest BCUT2D eigenvalue weighted by molar-refractivity contribution is -0.125. The molecule has 2 aromatic rings. The Kier molecular flexibility index (Phi) is 9.90. The molecule has 1 heterocycles. The quantitative estimate of drug-likeness (QED) is 0.722. The van der Waals surface area contributed by atoms with Crippen LogP contribution in [0.25, 0.3) is 0 Å². The number of nitrogens with two attached hydrogens (primary N) is 1. The number of carbonyl (C=O) groups is 1. The fourth-order valence-electron chi connectivity index (χ4n) is 3.75. The van der Waals surface area contributed by atoms with Gasteiger partial charge in [0.05, 0.1) is 5.92 Å². The van der Waals surface area contributed by atoms with E-state index in [0.717, 1.165) is 42.7 Å². The SMILES string of the molecule is Cc1cc(F)ccc1N1CCCC(NC(=O)C(C)C(N)c2ccccc2)C1.Cl.Cl. The predicted octanol–water partition coefficient (Wildman–Crippen LogP) is 4.40. The Morgan fingerprint density at radius 1 is 1.21 bits per heavy atom. The van der Waals surface area contributed by atoms with Crippen molar-refractivity contribution in [2.75, 3.05) is 18.0 Å². The van der Waals surface area contributed by atoms with Gasteiger partial charge in [0.1, 0.15) is 5.82 Å². The summed E-state index contributed by atoms with van der Waals surface area (Å²) in [5.41, 5.74) is 9.21. The zero-order valence-corrected chi connectivity index (χ0v) is 18.4. The van der Waals surface area contributed by atoms with Crippen molar-refractivity contribution in [3.8, 4) is 0 Å². The van der Waals surface area contributed by atoms with Crippen LogP contribution in [-0.4, -0.2) is 25.0 Å². The van der Waals surface area contributed by atoms with E-state index in [0.29, 0.717) is 0 Å². The lowest BCUT2D eigenvalue weighted by Gasteiger charge is -2.36. The van der Waals surface area contributed by atoms with Crippen LogP contribution >= 0.6 is 24.8 Å². The van der Waals surface area contributed by atoms with Crippen LogP contribution in [0.3, 0.4) is 0 Å². The fourth-order valence-corrected chi connectivity index (χ4v) is 3.75. The number of carbonyl (C=O) groups excluding carboxylic acids is 1. The predicted molar refractivity (Wildman–Crippen MR) is 122 cm³/mol. The monoisotopic (exact) mass is 441 g/mol. The van der Waals surface area contributed by atoms with E-state index >= 15 is 0 Å². The van der Waals surface area contributed by atoms with Crippen molar-refractivity contribution in [2.24, 2.45) is 11.7 Å². The van der Waals surface area contributed by atoms with Crippen LogP contribution in [0, 0.1) is 18.7 Å². The minimum absolute atomic E-state index is 0. The van der Waals surface area contributed by atoms with Gasteiger partial charge >= 0.3 is 0 Å². The normalized spacial score (nSPS) is 18.1. The van der Waals surface area contributed by atoms with Gasteiger partial charge in [0, 0.05) is 30.9 Å². The first-order valence-electron chi connectivity index (χ1n) is 9.57. The van der Waals surface area contributed by atoms with Crippen LogP contribution < -0.4 is 16.0 Å². The smallest absolute Gasteiger partial charge is 0.225 e. The number of halogens is 3. The largest absolute Gasteiger partial charge is 0.369 e. The number of hydrogen-bond donors (Lipinski definition) is 2. The van der Waals surface area contributed by atoms with Crippen LogP contribution in [0.5, 0.6) is 0 Å². The highest BCUT2D eigenvalue weighted by atomic mass is 35.5. The number of piperidine rings is 1. The van der Waals surface area contributed by atoms with E-state index in [4.69, 9.17) is 5.73 Å². The average molecular weight is 442 g/mol. The van der Waals surface area contributed by atoms with Crippen LogP contribution in [0.15, 0.2) is 48.5 Å². The molecule has 3 atom stereocenters. The molecular formula is C22H30Cl2FN3O. The fraction of sp³-hybridized carbons (Fsp3) is 0.409. The number of nitrogens with zero attached hydrogens (tertiary/aromatic N) is 1. The summed E-state index contributed by atoms with van der Waals surface area (Å²) < 4.78 is 13.4. The molecule has 4 nitrogen and oxygen atoms in total. The second kappa shape index (κ2) is 11.4. The van der Waals surface area contributed by atoms with E-state index < -0.39 is 0 Å². The minimum Gasteiger partial charge on any atom is -0.369 e.